The fourth-order valence-electron chi connectivity index (χ4n) is 5.02. The van der Waals surface area contributed by atoms with Crippen LogP contribution in [0.25, 0.3) is 0 Å². The number of unbranched alkanes of at least 4 members (excludes halogenated alkanes) is 12. The van der Waals surface area contributed by atoms with Gasteiger partial charge in [0.05, 0.1) is 22.4 Å². The molecule has 0 radical (unpaired) electrons. The number of nitrogens with one attached hydrogen (secondary N) is 1. The Hall–Kier alpha value is -1.05. The number of anilines is 2. The number of hydrogen-bond acceptors (Lipinski definition) is 5. The minimum absolute atomic E-state index is 0. The second-order valence-electron chi connectivity index (χ2n) is 9.94. The molecular weight excluding hydrogens is 479 g/mol. The molecule has 36 heavy (non-hydrogen) atoms. The Labute approximate surface area is 241 Å². The van der Waals surface area contributed by atoms with Gasteiger partial charge in [-0.3, -0.25) is 0 Å². The van der Waals surface area contributed by atoms with Crippen LogP contribution in [0.5, 0.6) is 0 Å². The van der Waals surface area contributed by atoms with Crippen LogP contribution in [0.4, 0.5) is 11.4 Å². The minimum Gasteiger partial charge on any atom is -0.744 e. The summed E-state index contributed by atoms with van der Waals surface area (Å²) in [5.41, 5.74) is 2.90. The van der Waals surface area contributed by atoms with Crippen molar-refractivity contribution in [1.82, 2.24) is 0 Å². The molecule has 0 bridgehead atoms. The first-order valence-corrected chi connectivity index (χ1v) is 15.1. The van der Waals surface area contributed by atoms with Crippen molar-refractivity contribution in [3.63, 3.8) is 0 Å². The van der Waals surface area contributed by atoms with E-state index in [1.165, 1.54) is 94.7 Å². The van der Waals surface area contributed by atoms with Crippen LogP contribution in [-0.4, -0.2) is 19.1 Å². The summed E-state index contributed by atoms with van der Waals surface area (Å²) >= 11 is 0. The second kappa shape index (κ2) is 16.7. The smallest absolute Gasteiger partial charge is 0.744 e. The zero-order valence-electron chi connectivity index (χ0n) is 22.4. The maximum atomic E-state index is 11.5. The van der Waals surface area contributed by atoms with Crippen LogP contribution in [0.1, 0.15) is 102 Å². The van der Waals surface area contributed by atoms with Gasteiger partial charge in [-0.05, 0) is 36.6 Å². The Morgan fingerprint density at radius 2 is 1.36 bits per heavy atom. The van der Waals surface area contributed by atoms with E-state index in [2.05, 4.69) is 29.3 Å². The summed E-state index contributed by atoms with van der Waals surface area (Å²) in [6, 6.07) is 15.0. The van der Waals surface area contributed by atoms with E-state index in [0.717, 1.165) is 30.8 Å². The third-order valence-electron chi connectivity index (χ3n) is 7.04. The van der Waals surface area contributed by atoms with Crippen molar-refractivity contribution < 1.29 is 42.5 Å². The molecule has 3 rings (SSSR count). The van der Waals surface area contributed by atoms with Crippen LogP contribution < -0.4 is 39.8 Å². The molecule has 0 aromatic heterocycles. The second-order valence-corrected chi connectivity index (χ2v) is 11.3. The number of rotatable bonds is 17. The Morgan fingerprint density at radius 1 is 0.806 bits per heavy atom. The average molecular weight is 523 g/mol. The molecule has 1 aliphatic heterocycles. The number of hydrogen-bond donors (Lipinski definition) is 1. The van der Waals surface area contributed by atoms with Crippen LogP contribution in [0, 0.1) is 0 Å². The summed E-state index contributed by atoms with van der Waals surface area (Å²) in [6.45, 7) is 3.01. The maximum Gasteiger partial charge on any atom is 1.00 e. The van der Waals surface area contributed by atoms with Crippen molar-refractivity contribution in [3.05, 3.63) is 54.1 Å². The topological polar surface area (TPSA) is 72.5 Å². The van der Waals surface area contributed by atoms with Gasteiger partial charge in [0.25, 0.3) is 0 Å². The Bertz CT molecular complexity index is 985. The van der Waals surface area contributed by atoms with E-state index in [1.54, 1.807) is 6.07 Å². The zero-order valence-corrected chi connectivity index (χ0v) is 25.2. The Balaban J connectivity index is 0.00000456. The van der Waals surface area contributed by atoms with Crippen molar-refractivity contribution >= 4 is 21.5 Å². The maximum absolute atomic E-state index is 11.5. The molecule has 1 aliphatic rings. The van der Waals surface area contributed by atoms with Crippen LogP contribution >= 0.6 is 0 Å². The summed E-state index contributed by atoms with van der Waals surface area (Å²) in [6.07, 6.45) is 18.4. The average Bonchev–Trinajstić information content (AvgIpc) is 3.18. The van der Waals surface area contributed by atoms with Gasteiger partial charge in [-0.25, -0.2) is 8.42 Å². The van der Waals surface area contributed by atoms with Crippen molar-refractivity contribution in [2.45, 2.75) is 114 Å². The first kappa shape index (κ1) is 31.2. The fourth-order valence-corrected chi connectivity index (χ4v) is 5.52. The van der Waals surface area contributed by atoms with Crippen LogP contribution in [-0.2, 0) is 16.7 Å². The predicted octanol–water partition coefficient (Wildman–Crippen LogP) is 4.83. The van der Waals surface area contributed by atoms with Gasteiger partial charge < -0.3 is 14.8 Å². The number of fused-ring (bicyclic) bond motifs is 1. The third kappa shape index (κ3) is 10.4. The van der Waals surface area contributed by atoms with Gasteiger partial charge in [0.15, 0.2) is 0 Å². The molecule has 2 aromatic carbocycles. The van der Waals surface area contributed by atoms with Gasteiger partial charge in [-0.15, -0.1) is 0 Å². The van der Waals surface area contributed by atoms with E-state index < -0.39 is 10.1 Å². The predicted molar refractivity (Wildman–Crippen MR) is 145 cm³/mol. The molecule has 7 heteroatoms. The molecular formula is C29H43N2NaO3S. The SMILES string of the molecule is CCCCCCCCCCCCCCCC1Nc2cc(S(=O)(=O)[O-])ccc2N1Cc1ccccc1.[Na+]. The molecule has 0 amide bonds. The molecule has 5 nitrogen and oxygen atoms in total. The van der Waals surface area contributed by atoms with Crippen LogP contribution in [0.3, 0.4) is 0 Å². The normalized spacial score (nSPS) is 14.8. The van der Waals surface area contributed by atoms with Gasteiger partial charge in [-0.2, -0.15) is 0 Å². The fraction of sp³-hybridized carbons (Fsp3) is 0.586. The van der Waals surface area contributed by atoms with E-state index in [-0.39, 0.29) is 40.6 Å². The van der Waals surface area contributed by atoms with Gasteiger partial charge in [0.2, 0.25) is 0 Å². The molecule has 2 aromatic rings. The van der Waals surface area contributed by atoms with Crippen LogP contribution in [0.2, 0.25) is 0 Å². The summed E-state index contributed by atoms with van der Waals surface area (Å²) in [5.74, 6) is 0. The zero-order chi connectivity index (χ0) is 24.9. The number of nitrogens with zero attached hydrogens (tertiary/aromatic N) is 1. The first-order chi connectivity index (χ1) is 17.0. The largest absolute Gasteiger partial charge is 1.00 e. The summed E-state index contributed by atoms with van der Waals surface area (Å²) in [4.78, 5) is 2.12. The monoisotopic (exact) mass is 522 g/mol. The molecule has 0 aliphatic carbocycles. The molecule has 0 saturated carbocycles. The third-order valence-corrected chi connectivity index (χ3v) is 7.87. The first-order valence-electron chi connectivity index (χ1n) is 13.7. The summed E-state index contributed by atoms with van der Waals surface area (Å²) in [7, 11) is -4.47. The van der Waals surface area contributed by atoms with E-state index in [1.807, 2.05) is 18.2 Å². The van der Waals surface area contributed by atoms with Crippen molar-refractivity contribution in [2.24, 2.45) is 0 Å². The van der Waals surface area contributed by atoms with E-state index in [4.69, 9.17) is 0 Å². The van der Waals surface area contributed by atoms with Gasteiger partial charge in [0.1, 0.15) is 10.1 Å². The standard InChI is InChI=1S/C29H44N2O3S.Na/c1-2-3-4-5-6-7-8-9-10-11-12-13-17-20-29-30-27-23-26(35(32,33)34)21-22-28(27)31(29)24-25-18-15-14-16-19-25;/h14-16,18-19,21-23,29-30H,2-13,17,20,24H2,1H3,(H,32,33,34);/q;+1/p-1. The van der Waals surface area contributed by atoms with E-state index in [9.17, 15) is 13.0 Å². The van der Waals surface area contributed by atoms with Crippen molar-refractivity contribution in [1.29, 1.82) is 0 Å². The summed E-state index contributed by atoms with van der Waals surface area (Å²) < 4.78 is 34.5. The minimum atomic E-state index is -4.47. The van der Waals surface area contributed by atoms with Crippen molar-refractivity contribution in [2.75, 3.05) is 10.2 Å². The molecule has 1 N–H and O–H groups in total. The van der Waals surface area contributed by atoms with Gasteiger partial charge >= 0.3 is 29.6 Å². The molecule has 1 unspecified atom stereocenters. The molecule has 0 saturated heterocycles. The molecule has 0 spiro atoms. The Kier molecular flexibility index (Phi) is 14.5. The Morgan fingerprint density at radius 3 is 1.92 bits per heavy atom. The molecule has 0 fully saturated rings. The van der Waals surface area contributed by atoms with Crippen molar-refractivity contribution in [3.8, 4) is 0 Å². The number of benzene rings is 2. The van der Waals surface area contributed by atoms with E-state index in [0.29, 0.717) is 0 Å². The van der Waals surface area contributed by atoms with Crippen LogP contribution in [0.15, 0.2) is 53.4 Å². The summed E-state index contributed by atoms with van der Waals surface area (Å²) in [5, 5.41) is 3.48. The van der Waals surface area contributed by atoms with E-state index >= 15 is 0 Å². The van der Waals surface area contributed by atoms with Gasteiger partial charge in [0, 0.05) is 6.54 Å². The molecule has 1 heterocycles. The quantitative estimate of drug-likeness (QED) is 0.183. The van der Waals surface area contributed by atoms with Gasteiger partial charge in [-0.1, -0.05) is 114 Å². The molecule has 194 valence electrons. The molecule has 1 atom stereocenters.